The summed E-state index contributed by atoms with van der Waals surface area (Å²) in [6.07, 6.45) is 0.955. The van der Waals surface area contributed by atoms with E-state index in [0.717, 1.165) is 16.7 Å². The Bertz CT molecular complexity index is 462. The van der Waals surface area contributed by atoms with Crippen molar-refractivity contribution in [2.75, 3.05) is 11.5 Å². The summed E-state index contributed by atoms with van der Waals surface area (Å²) in [6, 6.07) is 3.71. The van der Waals surface area contributed by atoms with E-state index >= 15 is 0 Å². The second-order valence-corrected chi connectivity index (χ2v) is 5.52. The molecule has 0 atom stereocenters. The molecule has 0 aromatic heterocycles. The van der Waals surface area contributed by atoms with Crippen LogP contribution in [0.1, 0.15) is 23.1 Å². The van der Waals surface area contributed by atoms with E-state index in [9.17, 15) is 13.0 Å². The molecule has 0 fully saturated rings. The Morgan fingerprint density at radius 1 is 1.24 bits per heavy atom. The Hall–Kier alpha value is -0.0700. The van der Waals surface area contributed by atoms with Gasteiger partial charge in [-0.25, -0.2) is 8.42 Å². The summed E-state index contributed by atoms with van der Waals surface area (Å²) >= 11 is 0. The molecular weight excluding hydrogens is 249 g/mol. The van der Waals surface area contributed by atoms with Crippen molar-refractivity contribution in [1.29, 1.82) is 0 Å². The summed E-state index contributed by atoms with van der Waals surface area (Å²) in [6.45, 7) is 3.87. The van der Waals surface area contributed by atoms with Gasteiger partial charge >= 0.3 is 29.6 Å². The normalized spacial score (nSPS) is 11.0. The molecule has 6 heteroatoms. The molecule has 0 saturated carbocycles. The zero-order chi connectivity index (χ0) is 12.3. The number of benzene rings is 1. The second-order valence-electron chi connectivity index (χ2n) is 4.00. The summed E-state index contributed by atoms with van der Waals surface area (Å²) in [4.78, 5) is 0. The Labute approximate surface area is 125 Å². The van der Waals surface area contributed by atoms with Crippen LogP contribution in [0, 0.1) is 13.8 Å². The van der Waals surface area contributed by atoms with Crippen molar-refractivity contribution in [3.8, 4) is 0 Å². The van der Waals surface area contributed by atoms with Gasteiger partial charge in [-0.15, -0.1) is 0 Å². The number of anilines is 1. The summed E-state index contributed by atoms with van der Waals surface area (Å²) in [5.41, 5.74) is 9.55. The third kappa shape index (κ3) is 5.88. The van der Waals surface area contributed by atoms with E-state index in [0.29, 0.717) is 18.5 Å². The smallest absolute Gasteiger partial charge is 0.748 e. The predicted octanol–water partition coefficient (Wildman–Crippen LogP) is -1.63. The Balaban J connectivity index is 0.00000256. The van der Waals surface area contributed by atoms with Crippen molar-refractivity contribution < 1.29 is 42.5 Å². The van der Waals surface area contributed by atoms with Crippen LogP contribution in [0.25, 0.3) is 0 Å². The summed E-state index contributed by atoms with van der Waals surface area (Å²) in [5, 5.41) is 0. The molecule has 0 amide bonds. The zero-order valence-electron chi connectivity index (χ0n) is 10.5. The SMILES string of the molecule is Cc1cc(N)cc(C)c1CCCS(=O)(=O)[O-].[Na+]. The van der Waals surface area contributed by atoms with Crippen LogP contribution in [0.3, 0.4) is 0 Å². The summed E-state index contributed by atoms with van der Waals surface area (Å²) < 4.78 is 31.4. The number of rotatable bonds is 4. The van der Waals surface area contributed by atoms with Crippen LogP contribution >= 0.6 is 0 Å². The van der Waals surface area contributed by atoms with Crippen LogP contribution in [-0.2, 0) is 16.5 Å². The van der Waals surface area contributed by atoms with Crippen molar-refractivity contribution >= 4 is 15.8 Å². The summed E-state index contributed by atoms with van der Waals surface area (Å²) in [7, 11) is -4.10. The van der Waals surface area contributed by atoms with Gasteiger partial charge < -0.3 is 10.3 Å². The quantitative estimate of drug-likeness (QED) is 0.402. The van der Waals surface area contributed by atoms with Crippen LogP contribution in [0.15, 0.2) is 12.1 Å². The van der Waals surface area contributed by atoms with Gasteiger partial charge in [0.2, 0.25) is 0 Å². The molecule has 0 heterocycles. The number of hydrogen-bond acceptors (Lipinski definition) is 4. The monoisotopic (exact) mass is 265 g/mol. The van der Waals surface area contributed by atoms with Gasteiger partial charge in [0.15, 0.2) is 0 Å². The molecule has 1 rings (SSSR count). The van der Waals surface area contributed by atoms with Gasteiger partial charge in [0.25, 0.3) is 0 Å². The number of aryl methyl sites for hydroxylation is 2. The second kappa shape index (κ2) is 6.75. The molecule has 0 aliphatic rings. The van der Waals surface area contributed by atoms with Gasteiger partial charge in [0, 0.05) is 11.4 Å². The fourth-order valence-electron chi connectivity index (χ4n) is 1.85. The number of nitrogen functional groups attached to an aromatic ring is 1. The van der Waals surface area contributed by atoms with E-state index < -0.39 is 10.1 Å². The van der Waals surface area contributed by atoms with E-state index in [4.69, 9.17) is 5.73 Å². The third-order valence-electron chi connectivity index (χ3n) is 2.54. The molecule has 1 aromatic carbocycles. The molecule has 0 aliphatic carbocycles. The molecule has 2 N–H and O–H groups in total. The molecule has 0 aliphatic heterocycles. The minimum atomic E-state index is -4.10. The van der Waals surface area contributed by atoms with Crippen LogP contribution in [0.4, 0.5) is 5.69 Å². The van der Waals surface area contributed by atoms with Gasteiger partial charge in [0.1, 0.15) is 0 Å². The third-order valence-corrected chi connectivity index (χ3v) is 3.33. The van der Waals surface area contributed by atoms with Crippen molar-refractivity contribution in [3.63, 3.8) is 0 Å². The Morgan fingerprint density at radius 2 is 1.71 bits per heavy atom. The molecule has 4 nitrogen and oxygen atoms in total. The minimum absolute atomic E-state index is 0. The first kappa shape index (κ1) is 16.9. The number of nitrogens with two attached hydrogens (primary N) is 1. The maximum atomic E-state index is 10.5. The van der Waals surface area contributed by atoms with Crippen molar-refractivity contribution in [2.45, 2.75) is 26.7 Å². The predicted molar refractivity (Wildman–Crippen MR) is 63.2 cm³/mol. The Kier molecular flexibility index (Phi) is 6.73. The molecule has 0 radical (unpaired) electrons. The van der Waals surface area contributed by atoms with Crippen LogP contribution < -0.4 is 35.3 Å². The minimum Gasteiger partial charge on any atom is -0.748 e. The molecule has 90 valence electrons. The van der Waals surface area contributed by atoms with E-state index in [1.807, 2.05) is 26.0 Å². The average Bonchev–Trinajstić information content (AvgIpc) is 2.07. The van der Waals surface area contributed by atoms with Gasteiger partial charge in [-0.2, -0.15) is 0 Å². The van der Waals surface area contributed by atoms with Crippen LogP contribution in [0.5, 0.6) is 0 Å². The van der Waals surface area contributed by atoms with Crippen LogP contribution in [0.2, 0.25) is 0 Å². The molecule has 0 bridgehead atoms. The van der Waals surface area contributed by atoms with E-state index in [1.54, 1.807) is 0 Å². The number of hydrogen-bond donors (Lipinski definition) is 1. The van der Waals surface area contributed by atoms with Crippen LogP contribution in [-0.4, -0.2) is 18.7 Å². The topological polar surface area (TPSA) is 83.2 Å². The fourth-order valence-corrected chi connectivity index (χ4v) is 2.34. The molecule has 0 saturated heterocycles. The first-order chi connectivity index (χ1) is 7.29. The maximum absolute atomic E-state index is 10.5. The van der Waals surface area contributed by atoms with E-state index in [1.165, 1.54) is 0 Å². The van der Waals surface area contributed by atoms with Crippen molar-refractivity contribution in [3.05, 3.63) is 28.8 Å². The van der Waals surface area contributed by atoms with Gasteiger partial charge in [-0.3, -0.25) is 0 Å². The first-order valence-electron chi connectivity index (χ1n) is 5.09. The maximum Gasteiger partial charge on any atom is 1.00 e. The average molecular weight is 265 g/mol. The molecule has 0 spiro atoms. The van der Waals surface area contributed by atoms with Crippen molar-refractivity contribution in [2.24, 2.45) is 0 Å². The van der Waals surface area contributed by atoms with E-state index in [2.05, 4.69) is 0 Å². The Morgan fingerprint density at radius 3 is 2.12 bits per heavy atom. The van der Waals surface area contributed by atoms with Gasteiger partial charge in [-0.05, 0) is 55.5 Å². The molecule has 1 aromatic rings. The molecule has 0 unspecified atom stereocenters. The fraction of sp³-hybridized carbons (Fsp3) is 0.455. The van der Waals surface area contributed by atoms with Crippen molar-refractivity contribution in [1.82, 2.24) is 0 Å². The summed E-state index contributed by atoms with van der Waals surface area (Å²) in [5.74, 6) is -0.309. The first-order valence-corrected chi connectivity index (χ1v) is 6.66. The standard InChI is InChI=1S/C11H17NO3S.Na/c1-8-6-10(12)7-9(2)11(8)4-3-5-16(13,14)15;/h6-7H,3-5,12H2,1-2H3,(H,13,14,15);/q;+1/p-1. The zero-order valence-corrected chi connectivity index (χ0v) is 13.3. The largest absolute Gasteiger partial charge is 1.00 e. The molecule has 17 heavy (non-hydrogen) atoms. The molecular formula is C11H16NNaO3S. The van der Waals surface area contributed by atoms with E-state index in [-0.39, 0.29) is 35.3 Å². The van der Waals surface area contributed by atoms with Gasteiger partial charge in [-0.1, -0.05) is 0 Å². The van der Waals surface area contributed by atoms with Gasteiger partial charge in [0.05, 0.1) is 10.1 Å².